The van der Waals surface area contributed by atoms with Crippen molar-refractivity contribution in [3.05, 3.63) is 11.1 Å². The molecular formula is C14H22O2. The van der Waals surface area contributed by atoms with Gasteiger partial charge in [0.2, 0.25) is 0 Å². The maximum absolute atomic E-state index is 11.6. The molecule has 2 heteroatoms. The number of carbonyl (C=O) groups excluding carboxylic acids is 2. The molecule has 0 fully saturated rings. The molecular weight excluding hydrogens is 200 g/mol. The third-order valence-corrected chi connectivity index (χ3v) is 3.58. The molecule has 0 aromatic carbocycles. The first kappa shape index (κ1) is 13.1. The molecule has 0 N–H and O–H groups in total. The molecule has 1 aliphatic rings. The number of allylic oxidation sites excluding steroid dienone is 2. The Balaban J connectivity index is 2.74. The van der Waals surface area contributed by atoms with Gasteiger partial charge in [-0.05, 0) is 51.0 Å². The maximum Gasteiger partial charge on any atom is 0.158 e. The number of hydrogen-bond acceptors (Lipinski definition) is 2. The molecule has 1 aliphatic carbocycles. The van der Waals surface area contributed by atoms with Crippen molar-refractivity contribution in [2.45, 2.75) is 59.3 Å². The van der Waals surface area contributed by atoms with Gasteiger partial charge in [0.15, 0.2) is 5.78 Å². The van der Waals surface area contributed by atoms with Crippen LogP contribution in [0.3, 0.4) is 0 Å². The fourth-order valence-corrected chi connectivity index (χ4v) is 2.51. The van der Waals surface area contributed by atoms with Crippen LogP contribution in [0.25, 0.3) is 0 Å². The van der Waals surface area contributed by atoms with Gasteiger partial charge < -0.3 is 4.79 Å². The van der Waals surface area contributed by atoms with Crippen LogP contribution in [-0.2, 0) is 9.59 Å². The quantitative estimate of drug-likeness (QED) is 0.714. The lowest BCUT2D eigenvalue weighted by molar-refractivity contribution is -0.117. The average molecular weight is 222 g/mol. The topological polar surface area (TPSA) is 34.1 Å². The summed E-state index contributed by atoms with van der Waals surface area (Å²) in [5, 5.41) is 0. The van der Waals surface area contributed by atoms with Gasteiger partial charge in [-0.1, -0.05) is 12.5 Å². The van der Waals surface area contributed by atoms with Crippen LogP contribution >= 0.6 is 0 Å². The van der Waals surface area contributed by atoms with Crippen LogP contribution in [0, 0.1) is 5.92 Å². The van der Waals surface area contributed by atoms with E-state index < -0.39 is 0 Å². The van der Waals surface area contributed by atoms with E-state index >= 15 is 0 Å². The second-order valence-corrected chi connectivity index (χ2v) is 4.77. The summed E-state index contributed by atoms with van der Waals surface area (Å²) in [6.07, 6.45) is 5.33. The van der Waals surface area contributed by atoms with Crippen molar-refractivity contribution in [1.82, 2.24) is 0 Å². The predicted molar refractivity (Wildman–Crippen MR) is 65.3 cm³/mol. The molecule has 1 rings (SSSR count). The summed E-state index contributed by atoms with van der Waals surface area (Å²) in [5.74, 6) is 0.995. The minimum Gasteiger partial charge on any atom is -0.300 e. The molecule has 90 valence electrons. The Bertz CT molecular complexity index is 313. The van der Waals surface area contributed by atoms with Crippen LogP contribution in [0.5, 0.6) is 0 Å². The lowest BCUT2D eigenvalue weighted by Gasteiger charge is -2.24. The standard InChI is InChI=1S/C14H22O2/c1-4-12(9-8-10(2)15)13-6-5-7-14(16)11(13)3/h12H,4-9H2,1-3H3/t12-/m0/s1. The first-order chi connectivity index (χ1) is 7.56. The van der Waals surface area contributed by atoms with E-state index in [0.717, 1.165) is 31.3 Å². The van der Waals surface area contributed by atoms with Crippen LogP contribution in [0.2, 0.25) is 0 Å². The normalized spacial score (nSPS) is 18.8. The van der Waals surface area contributed by atoms with Crippen molar-refractivity contribution in [1.29, 1.82) is 0 Å². The van der Waals surface area contributed by atoms with E-state index in [2.05, 4.69) is 6.92 Å². The summed E-state index contributed by atoms with van der Waals surface area (Å²) in [6, 6.07) is 0. The summed E-state index contributed by atoms with van der Waals surface area (Å²) < 4.78 is 0. The molecule has 0 amide bonds. The minimum atomic E-state index is 0.249. The van der Waals surface area contributed by atoms with E-state index in [1.54, 1.807) is 6.92 Å². The van der Waals surface area contributed by atoms with E-state index in [-0.39, 0.29) is 5.78 Å². The summed E-state index contributed by atoms with van der Waals surface area (Å²) in [6.45, 7) is 5.73. The van der Waals surface area contributed by atoms with Crippen molar-refractivity contribution in [2.24, 2.45) is 5.92 Å². The van der Waals surface area contributed by atoms with Crippen molar-refractivity contribution < 1.29 is 9.59 Å². The zero-order chi connectivity index (χ0) is 12.1. The maximum atomic E-state index is 11.6. The molecule has 16 heavy (non-hydrogen) atoms. The Morgan fingerprint density at radius 3 is 2.62 bits per heavy atom. The summed E-state index contributed by atoms with van der Waals surface area (Å²) in [7, 11) is 0. The number of Topliss-reactive ketones (excluding diaryl/α,β-unsaturated/α-hetero) is 2. The Morgan fingerprint density at radius 1 is 1.38 bits per heavy atom. The highest BCUT2D eigenvalue weighted by molar-refractivity contribution is 5.96. The fourth-order valence-electron chi connectivity index (χ4n) is 2.51. The van der Waals surface area contributed by atoms with E-state index in [0.29, 0.717) is 24.5 Å². The molecule has 0 saturated heterocycles. The Kier molecular flexibility index (Phi) is 4.91. The predicted octanol–water partition coefficient (Wildman–Crippen LogP) is 3.45. The minimum absolute atomic E-state index is 0.249. The van der Waals surface area contributed by atoms with Crippen LogP contribution < -0.4 is 0 Å². The number of ketones is 2. The summed E-state index contributed by atoms with van der Waals surface area (Å²) in [5.41, 5.74) is 2.29. The van der Waals surface area contributed by atoms with Gasteiger partial charge in [-0.15, -0.1) is 0 Å². The highest BCUT2D eigenvalue weighted by Gasteiger charge is 2.22. The highest BCUT2D eigenvalue weighted by Crippen LogP contribution is 2.32. The summed E-state index contributed by atoms with van der Waals surface area (Å²) >= 11 is 0. The number of carbonyl (C=O) groups is 2. The first-order valence-corrected chi connectivity index (χ1v) is 6.28. The summed E-state index contributed by atoms with van der Waals surface area (Å²) in [4.78, 5) is 22.6. The van der Waals surface area contributed by atoms with Gasteiger partial charge in [0, 0.05) is 12.8 Å². The van der Waals surface area contributed by atoms with Crippen LogP contribution in [0.1, 0.15) is 59.3 Å². The lowest BCUT2D eigenvalue weighted by atomic mass is 9.80. The third kappa shape index (κ3) is 3.29. The van der Waals surface area contributed by atoms with Gasteiger partial charge in [0.1, 0.15) is 5.78 Å². The van der Waals surface area contributed by atoms with Gasteiger partial charge in [0.05, 0.1) is 0 Å². The van der Waals surface area contributed by atoms with E-state index in [4.69, 9.17) is 0 Å². The Morgan fingerprint density at radius 2 is 2.06 bits per heavy atom. The fraction of sp³-hybridized carbons (Fsp3) is 0.714. The van der Waals surface area contributed by atoms with Gasteiger partial charge in [-0.25, -0.2) is 0 Å². The highest BCUT2D eigenvalue weighted by atomic mass is 16.1. The second kappa shape index (κ2) is 5.97. The molecule has 0 unspecified atom stereocenters. The lowest BCUT2D eigenvalue weighted by Crippen LogP contribution is -2.16. The van der Waals surface area contributed by atoms with Crippen LogP contribution in [-0.4, -0.2) is 11.6 Å². The van der Waals surface area contributed by atoms with Crippen molar-refractivity contribution >= 4 is 11.6 Å². The van der Waals surface area contributed by atoms with Gasteiger partial charge in [0.25, 0.3) is 0 Å². The Hall–Kier alpha value is -0.920. The smallest absolute Gasteiger partial charge is 0.158 e. The van der Waals surface area contributed by atoms with Gasteiger partial charge in [-0.2, -0.15) is 0 Å². The number of rotatable bonds is 5. The molecule has 0 radical (unpaired) electrons. The van der Waals surface area contributed by atoms with Crippen molar-refractivity contribution in [3.8, 4) is 0 Å². The molecule has 2 nitrogen and oxygen atoms in total. The zero-order valence-corrected chi connectivity index (χ0v) is 10.6. The molecule has 1 atom stereocenters. The van der Waals surface area contributed by atoms with Crippen molar-refractivity contribution in [3.63, 3.8) is 0 Å². The van der Waals surface area contributed by atoms with Crippen LogP contribution in [0.15, 0.2) is 11.1 Å². The van der Waals surface area contributed by atoms with Gasteiger partial charge >= 0.3 is 0 Å². The SMILES string of the molecule is CC[C@@H](CCC(C)=O)C1=C(C)C(=O)CCC1. The molecule has 0 saturated carbocycles. The zero-order valence-electron chi connectivity index (χ0n) is 10.6. The monoisotopic (exact) mass is 222 g/mol. The van der Waals surface area contributed by atoms with E-state index in [1.807, 2.05) is 6.92 Å². The average Bonchev–Trinajstić information content (AvgIpc) is 2.24. The molecule has 0 aromatic heterocycles. The molecule has 0 spiro atoms. The van der Waals surface area contributed by atoms with Gasteiger partial charge in [-0.3, -0.25) is 4.79 Å². The van der Waals surface area contributed by atoms with Crippen LogP contribution in [0.4, 0.5) is 0 Å². The first-order valence-electron chi connectivity index (χ1n) is 6.28. The largest absolute Gasteiger partial charge is 0.300 e. The van der Waals surface area contributed by atoms with E-state index in [9.17, 15) is 9.59 Å². The molecule has 0 aromatic rings. The van der Waals surface area contributed by atoms with E-state index in [1.165, 1.54) is 5.57 Å². The molecule has 0 aliphatic heterocycles. The number of hydrogen-bond donors (Lipinski definition) is 0. The Labute approximate surface area is 98.1 Å². The second-order valence-electron chi connectivity index (χ2n) is 4.77. The third-order valence-electron chi connectivity index (χ3n) is 3.58. The van der Waals surface area contributed by atoms with Crippen molar-refractivity contribution in [2.75, 3.05) is 0 Å². The molecule has 0 heterocycles. The molecule has 0 bridgehead atoms.